The Hall–Kier alpha value is -1.88. The van der Waals surface area contributed by atoms with Crippen molar-refractivity contribution < 1.29 is 14.3 Å². The van der Waals surface area contributed by atoms with Crippen molar-refractivity contribution in [3.8, 4) is 0 Å². The summed E-state index contributed by atoms with van der Waals surface area (Å²) in [5, 5.41) is 2.78. The third kappa shape index (κ3) is 3.42. The highest BCUT2D eigenvalue weighted by molar-refractivity contribution is 5.99. The van der Waals surface area contributed by atoms with Crippen LogP contribution < -0.4 is 10.2 Å². The summed E-state index contributed by atoms with van der Waals surface area (Å²) in [4.78, 5) is 25.8. The van der Waals surface area contributed by atoms with Crippen LogP contribution in [0, 0.1) is 5.41 Å². The van der Waals surface area contributed by atoms with E-state index in [-0.39, 0.29) is 18.4 Å². The quantitative estimate of drug-likeness (QED) is 0.928. The second kappa shape index (κ2) is 5.85. The van der Waals surface area contributed by atoms with Crippen molar-refractivity contribution in [3.63, 3.8) is 0 Å². The fraction of sp³-hybridized carbons (Fsp3) is 0.500. The number of hydrogen-bond donors (Lipinski definition) is 1. The third-order valence-corrected chi connectivity index (χ3v) is 3.42. The SMILES string of the molecule is COCC(=O)Nc1ccc2c(c1)CCN2C(=O)C(C)(C)C. The van der Waals surface area contributed by atoms with E-state index in [9.17, 15) is 9.59 Å². The number of carbonyl (C=O) groups excluding carboxylic acids is 2. The average Bonchev–Trinajstić information content (AvgIpc) is 2.79. The lowest BCUT2D eigenvalue weighted by Gasteiger charge is -2.26. The molecule has 2 rings (SSSR count). The molecular formula is C16H22N2O3. The highest BCUT2D eigenvalue weighted by atomic mass is 16.5. The van der Waals surface area contributed by atoms with Gasteiger partial charge in [0, 0.05) is 30.4 Å². The number of rotatable bonds is 3. The molecule has 0 unspecified atom stereocenters. The zero-order valence-corrected chi connectivity index (χ0v) is 13.0. The number of amides is 2. The highest BCUT2D eigenvalue weighted by Crippen LogP contribution is 2.33. The van der Waals surface area contributed by atoms with Gasteiger partial charge in [-0.05, 0) is 30.2 Å². The second-order valence-corrected chi connectivity index (χ2v) is 6.28. The Morgan fingerprint density at radius 3 is 2.67 bits per heavy atom. The average molecular weight is 290 g/mol. The van der Waals surface area contributed by atoms with Crippen molar-refractivity contribution in [2.75, 3.05) is 30.5 Å². The molecule has 0 spiro atoms. The van der Waals surface area contributed by atoms with Gasteiger partial charge in [-0.3, -0.25) is 9.59 Å². The summed E-state index contributed by atoms with van der Waals surface area (Å²) in [6.07, 6.45) is 0.811. The number of anilines is 2. The number of carbonyl (C=O) groups is 2. The summed E-state index contributed by atoms with van der Waals surface area (Å²) < 4.78 is 4.79. The molecule has 21 heavy (non-hydrogen) atoms. The van der Waals surface area contributed by atoms with Crippen molar-refractivity contribution in [1.29, 1.82) is 0 Å². The monoisotopic (exact) mass is 290 g/mol. The van der Waals surface area contributed by atoms with Crippen LogP contribution in [0.15, 0.2) is 18.2 Å². The molecule has 1 heterocycles. The van der Waals surface area contributed by atoms with Crippen LogP contribution >= 0.6 is 0 Å². The standard InChI is InChI=1S/C16H22N2O3/c1-16(2,3)15(20)18-8-7-11-9-12(5-6-13(11)18)17-14(19)10-21-4/h5-6,9H,7-8,10H2,1-4H3,(H,17,19). The Bertz CT molecular complexity index is 561. The van der Waals surface area contributed by atoms with Crippen molar-refractivity contribution in [3.05, 3.63) is 23.8 Å². The number of ether oxygens (including phenoxy) is 1. The Labute approximate surface area is 125 Å². The fourth-order valence-corrected chi connectivity index (χ4v) is 2.42. The van der Waals surface area contributed by atoms with Gasteiger partial charge in [-0.2, -0.15) is 0 Å². The lowest BCUT2D eigenvalue weighted by atomic mass is 9.94. The summed E-state index contributed by atoms with van der Waals surface area (Å²) in [6.45, 7) is 6.50. The second-order valence-electron chi connectivity index (χ2n) is 6.28. The zero-order chi connectivity index (χ0) is 15.6. The van der Waals surface area contributed by atoms with E-state index >= 15 is 0 Å². The third-order valence-electron chi connectivity index (χ3n) is 3.42. The molecule has 114 valence electrons. The van der Waals surface area contributed by atoms with Gasteiger partial charge in [-0.1, -0.05) is 20.8 Å². The molecule has 1 aliphatic heterocycles. The van der Waals surface area contributed by atoms with Crippen LogP contribution in [0.5, 0.6) is 0 Å². The summed E-state index contributed by atoms with van der Waals surface area (Å²) in [5.74, 6) is -0.0597. The van der Waals surface area contributed by atoms with Crippen molar-refractivity contribution in [2.24, 2.45) is 5.41 Å². The molecule has 0 saturated carbocycles. The Morgan fingerprint density at radius 2 is 2.05 bits per heavy atom. The molecule has 0 fully saturated rings. The predicted octanol–water partition coefficient (Wildman–Crippen LogP) is 2.21. The van der Waals surface area contributed by atoms with Gasteiger partial charge in [0.2, 0.25) is 11.8 Å². The van der Waals surface area contributed by atoms with E-state index in [1.54, 1.807) is 0 Å². The van der Waals surface area contributed by atoms with Crippen molar-refractivity contribution in [1.82, 2.24) is 0 Å². The van der Waals surface area contributed by atoms with Crippen LogP contribution in [0.3, 0.4) is 0 Å². The van der Waals surface area contributed by atoms with Gasteiger partial charge < -0.3 is 15.0 Å². The molecule has 5 nitrogen and oxygen atoms in total. The highest BCUT2D eigenvalue weighted by Gasteiger charge is 2.32. The van der Waals surface area contributed by atoms with Crippen LogP contribution in [-0.2, 0) is 20.7 Å². The van der Waals surface area contributed by atoms with Gasteiger partial charge in [0.05, 0.1) is 0 Å². The number of methoxy groups -OCH3 is 1. The Morgan fingerprint density at radius 1 is 1.33 bits per heavy atom. The lowest BCUT2D eigenvalue weighted by molar-refractivity contribution is -0.125. The van der Waals surface area contributed by atoms with E-state index in [2.05, 4.69) is 5.32 Å². The van der Waals surface area contributed by atoms with Gasteiger partial charge >= 0.3 is 0 Å². The zero-order valence-electron chi connectivity index (χ0n) is 13.0. The summed E-state index contributed by atoms with van der Waals surface area (Å²) >= 11 is 0. The van der Waals surface area contributed by atoms with E-state index in [1.807, 2.05) is 43.9 Å². The molecule has 5 heteroatoms. The molecule has 2 amide bonds. The molecule has 0 saturated heterocycles. The molecule has 1 N–H and O–H groups in total. The van der Waals surface area contributed by atoms with Gasteiger partial charge in [-0.15, -0.1) is 0 Å². The first-order valence-electron chi connectivity index (χ1n) is 7.06. The topological polar surface area (TPSA) is 58.6 Å². The van der Waals surface area contributed by atoms with Gasteiger partial charge in [0.25, 0.3) is 0 Å². The van der Waals surface area contributed by atoms with E-state index < -0.39 is 5.41 Å². The van der Waals surface area contributed by atoms with Crippen LogP contribution in [-0.4, -0.2) is 32.1 Å². The first kappa shape index (κ1) is 15.5. The van der Waals surface area contributed by atoms with Crippen LogP contribution in [0.25, 0.3) is 0 Å². The molecule has 0 aliphatic carbocycles. The molecule has 0 bridgehead atoms. The number of benzene rings is 1. The van der Waals surface area contributed by atoms with E-state index in [0.29, 0.717) is 6.54 Å². The maximum absolute atomic E-state index is 12.4. The molecule has 1 aromatic carbocycles. The fourth-order valence-electron chi connectivity index (χ4n) is 2.42. The molecule has 0 radical (unpaired) electrons. The Balaban J connectivity index is 2.17. The lowest BCUT2D eigenvalue weighted by Crippen LogP contribution is -2.38. The minimum atomic E-state index is -0.396. The number of hydrogen-bond acceptors (Lipinski definition) is 3. The minimum absolute atomic E-state index is 0.0335. The summed E-state index contributed by atoms with van der Waals surface area (Å²) in [5.41, 5.74) is 2.37. The van der Waals surface area contributed by atoms with Crippen LogP contribution in [0.4, 0.5) is 11.4 Å². The molecule has 0 atom stereocenters. The maximum Gasteiger partial charge on any atom is 0.250 e. The van der Waals surface area contributed by atoms with Crippen molar-refractivity contribution in [2.45, 2.75) is 27.2 Å². The summed E-state index contributed by atoms with van der Waals surface area (Å²) in [6, 6.07) is 5.65. The minimum Gasteiger partial charge on any atom is -0.375 e. The smallest absolute Gasteiger partial charge is 0.250 e. The summed E-state index contributed by atoms with van der Waals surface area (Å²) in [7, 11) is 1.48. The molecular weight excluding hydrogens is 268 g/mol. The first-order valence-corrected chi connectivity index (χ1v) is 7.06. The Kier molecular flexibility index (Phi) is 4.32. The van der Waals surface area contributed by atoms with E-state index in [1.165, 1.54) is 7.11 Å². The van der Waals surface area contributed by atoms with Crippen LogP contribution in [0.2, 0.25) is 0 Å². The molecule has 0 aromatic heterocycles. The van der Waals surface area contributed by atoms with Gasteiger partial charge in [-0.25, -0.2) is 0 Å². The maximum atomic E-state index is 12.4. The van der Waals surface area contributed by atoms with Crippen LogP contribution in [0.1, 0.15) is 26.3 Å². The van der Waals surface area contributed by atoms with E-state index in [4.69, 9.17) is 4.74 Å². The normalized spacial score (nSPS) is 14.0. The largest absolute Gasteiger partial charge is 0.375 e. The number of nitrogens with zero attached hydrogens (tertiary/aromatic N) is 1. The predicted molar refractivity (Wildman–Crippen MR) is 82.5 cm³/mol. The van der Waals surface area contributed by atoms with E-state index in [0.717, 1.165) is 23.4 Å². The number of fused-ring (bicyclic) bond motifs is 1. The van der Waals surface area contributed by atoms with Gasteiger partial charge in [0.15, 0.2) is 0 Å². The molecule has 1 aromatic rings. The van der Waals surface area contributed by atoms with Gasteiger partial charge in [0.1, 0.15) is 6.61 Å². The first-order chi connectivity index (χ1) is 9.82. The van der Waals surface area contributed by atoms with Crippen molar-refractivity contribution >= 4 is 23.2 Å². The number of nitrogens with one attached hydrogen (secondary N) is 1. The molecule has 1 aliphatic rings.